The van der Waals surface area contributed by atoms with Crippen molar-refractivity contribution in [3.05, 3.63) is 35.6 Å². The molecule has 0 bridgehead atoms. The zero-order valence-electron chi connectivity index (χ0n) is 13.3. The highest BCUT2D eigenvalue weighted by molar-refractivity contribution is 5.82. The van der Waals surface area contributed by atoms with Gasteiger partial charge in [0.2, 0.25) is 0 Å². The Bertz CT molecular complexity index is 621. The number of aryl methyl sites for hydroxylation is 1. The first-order chi connectivity index (χ1) is 10.7. The maximum absolute atomic E-state index is 12.2. The molecule has 0 saturated heterocycles. The summed E-state index contributed by atoms with van der Waals surface area (Å²) in [6.07, 6.45) is 1.94. The Morgan fingerprint density at radius 2 is 2.09 bits per heavy atom. The molecule has 5 nitrogen and oxygen atoms in total. The molecule has 0 aliphatic heterocycles. The number of furan rings is 1. The van der Waals surface area contributed by atoms with Gasteiger partial charge in [0.15, 0.2) is 0 Å². The molecule has 0 atom stereocenters. The van der Waals surface area contributed by atoms with Crippen molar-refractivity contribution in [3.8, 4) is 0 Å². The topological polar surface area (TPSA) is 65.7 Å². The van der Waals surface area contributed by atoms with Crippen LogP contribution in [0.1, 0.15) is 31.1 Å². The van der Waals surface area contributed by atoms with Gasteiger partial charge >= 0.3 is 6.03 Å². The standard InChI is InChI=1S/C17H24N2O3/c1-3-4-9-19(10-11-20)17(21)18-12-16-13(2)14-7-5-6-8-15(14)22-16/h5-8,20H,3-4,9-12H2,1-2H3,(H,18,21). The first kappa shape index (κ1) is 16.4. The molecule has 0 spiro atoms. The van der Waals surface area contributed by atoms with Crippen LogP contribution < -0.4 is 5.32 Å². The fourth-order valence-corrected chi connectivity index (χ4v) is 2.45. The van der Waals surface area contributed by atoms with Crippen LogP contribution in [0.15, 0.2) is 28.7 Å². The van der Waals surface area contributed by atoms with Crippen LogP contribution in [0.3, 0.4) is 0 Å². The van der Waals surface area contributed by atoms with Crippen molar-refractivity contribution in [1.82, 2.24) is 10.2 Å². The van der Waals surface area contributed by atoms with Crippen LogP contribution in [0.4, 0.5) is 4.79 Å². The second kappa shape index (κ2) is 7.84. The number of aliphatic hydroxyl groups is 1. The van der Waals surface area contributed by atoms with Crippen LogP contribution in [-0.2, 0) is 6.54 Å². The highest BCUT2D eigenvalue weighted by Crippen LogP contribution is 2.24. The number of hydrogen-bond donors (Lipinski definition) is 2. The lowest BCUT2D eigenvalue weighted by Gasteiger charge is -2.21. The second-order valence-electron chi connectivity index (χ2n) is 5.37. The third kappa shape index (κ3) is 3.80. The van der Waals surface area contributed by atoms with Crippen LogP contribution in [0.2, 0.25) is 0 Å². The summed E-state index contributed by atoms with van der Waals surface area (Å²) in [5.74, 6) is 0.772. The lowest BCUT2D eigenvalue weighted by Crippen LogP contribution is -2.41. The number of benzene rings is 1. The number of nitrogens with zero attached hydrogens (tertiary/aromatic N) is 1. The molecule has 5 heteroatoms. The van der Waals surface area contributed by atoms with Crippen molar-refractivity contribution < 1.29 is 14.3 Å². The lowest BCUT2D eigenvalue weighted by molar-refractivity contribution is 0.175. The summed E-state index contributed by atoms with van der Waals surface area (Å²) >= 11 is 0. The SMILES string of the molecule is CCCCN(CCO)C(=O)NCc1oc2ccccc2c1C. The largest absolute Gasteiger partial charge is 0.459 e. The molecule has 2 aromatic rings. The van der Waals surface area contributed by atoms with E-state index in [0.717, 1.165) is 35.1 Å². The Kier molecular flexibility index (Phi) is 5.83. The molecule has 1 heterocycles. The summed E-state index contributed by atoms with van der Waals surface area (Å²) in [6, 6.07) is 7.68. The van der Waals surface area contributed by atoms with E-state index in [2.05, 4.69) is 12.2 Å². The van der Waals surface area contributed by atoms with Crippen molar-refractivity contribution in [2.45, 2.75) is 33.2 Å². The van der Waals surface area contributed by atoms with Crippen molar-refractivity contribution in [1.29, 1.82) is 0 Å². The molecular weight excluding hydrogens is 280 g/mol. The van der Waals surface area contributed by atoms with Crippen LogP contribution in [-0.4, -0.2) is 35.7 Å². The van der Waals surface area contributed by atoms with Crippen LogP contribution in [0, 0.1) is 6.92 Å². The molecule has 22 heavy (non-hydrogen) atoms. The minimum absolute atomic E-state index is 0.0270. The summed E-state index contributed by atoms with van der Waals surface area (Å²) in [6.45, 7) is 5.41. The summed E-state index contributed by atoms with van der Waals surface area (Å²) in [4.78, 5) is 13.8. The number of hydrogen-bond acceptors (Lipinski definition) is 3. The molecule has 0 fully saturated rings. The first-order valence-corrected chi connectivity index (χ1v) is 7.78. The van der Waals surface area contributed by atoms with Gasteiger partial charge in [0, 0.05) is 24.0 Å². The number of rotatable bonds is 7. The van der Waals surface area contributed by atoms with Gasteiger partial charge in [-0.05, 0) is 19.4 Å². The number of fused-ring (bicyclic) bond motifs is 1. The number of carbonyl (C=O) groups is 1. The molecule has 2 rings (SSSR count). The highest BCUT2D eigenvalue weighted by atomic mass is 16.3. The molecule has 0 aliphatic carbocycles. The van der Waals surface area contributed by atoms with Crippen molar-refractivity contribution in [3.63, 3.8) is 0 Å². The van der Waals surface area contributed by atoms with E-state index in [1.165, 1.54) is 0 Å². The number of carbonyl (C=O) groups excluding carboxylic acids is 1. The highest BCUT2D eigenvalue weighted by Gasteiger charge is 2.14. The Morgan fingerprint density at radius 1 is 1.32 bits per heavy atom. The Balaban J connectivity index is 2.00. The van der Waals surface area contributed by atoms with E-state index in [-0.39, 0.29) is 12.6 Å². The third-order valence-electron chi connectivity index (χ3n) is 3.78. The number of aliphatic hydroxyl groups excluding tert-OH is 1. The maximum atomic E-state index is 12.2. The zero-order valence-corrected chi connectivity index (χ0v) is 13.3. The van der Waals surface area contributed by atoms with Crippen LogP contribution in [0.5, 0.6) is 0 Å². The monoisotopic (exact) mass is 304 g/mol. The smallest absolute Gasteiger partial charge is 0.317 e. The molecular formula is C17H24N2O3. The molecule has 2 amide bonds. The maximum Gasteiger partial charge on any atom is 0.317 e. The molecule has 1 aromatic carbocycles. The fraction of sp³-hybridized carbons (Fsp3) is 0.471. The minimum Gasteiger partial charge on any atom is -0.459 e. The summed E-state index contributed by atoms with van der Waals surface area (Å²) in [5, 5.41) is 13.0. The lowest BCUT2D eigenvalue weighted by atomic mass is 10.1. The van der Waals surface area contributed by atoms with Gasteiger partial charge in [-0.15, -0.1) is 0 Å². The molecule has 2 N–H and O–H groups in total. The Hall–Kier alpha value is -2.01. The number of urea groups is 1. The Labute approximate surface area is 130 Å². The van der Waals surface area contributed by atoms with E-state index in [1.54, 1.807) is 4.90 Å². The van der Waals surface area contributed by atoms with E-state index in [4.69, 9.17) is 9.52 Å². The van der Waals surface area contributed by atoms with E-state index < -0.39 is 0 Å². The number of unbranched alkanes of at least 4 members (excludes halogenated alkanes) is 1. The normalized spacial score (nSPS) is 10.9. The van der Waals surface area contributed by atoms with Gasteiger partial charge in [-0.25, -0.2) is 4.79 Å². The second-order valence-corrected chi connectivity index (χ2v) is 5.37. The van der Waals surface area contributed by atoms with E-state index in [1.807, 2.05) is 31.2 Å². The summed E-state index contributed by atoms with van der Waals surface area (Å²) in [7, 11) is 0. The van der Waals surface area contributed by atoms with Gasteiger partial charge in [-0.1, -0.05) is 31.5 Å². The van der Waals surface area contributed by atoms with Gasteiger partial charge in [-0.2, -0.15) is 0 Å². The quantitative estimate of drug-likeness (QED) is 0.826. The third-order valence-corrected chi connectivity index (χ3v) is 3.78. The van der Waals surface area contributed by atoms with Crippen molar-refractivity contribution in [2.75, 3.05) is 19.7 Å². The minimum atomic E-state index is -0.164. The van der Waals surface area contributed by atoms with Gasteiger partial charge < -0.3 is 19.7 Å². The van der Waals surface area contributed by atoms with Crippen LogP contribution >= 0.6 is 0 Å². The molecule has 0 saturated carbocycles. The average molecular weight is 304 g/mol. The predicted molar refractivity (Wildman–Crippen MR) is 86.8 cm³/mol. The van der Waals surface area contributed by atoms with Crippen LogP contribution in [0.25, 0.3) is 11.0 Å². The fourth-order valence-electron chi connectivity index (χ4n) is 2.45. The number of amides is 2. The molecule has 0 radical (unpaired) electrons. The van der Waals surface area contributed by atoms with E-state index in [0.29, 0.717) is 19.6 Å². The molecule has 120 valence electrons. The average Bonchev–Trinajstić information content (AvgIpc) is 2.86. The number of para-hydroxylation sites is 1. The number of nitrogens with one attached hydrogen (secondary N) is 1. The molecule has 0 aliphatic rings. The first-order valence-electron chi connectivity index (χ1n) is 7.78. The van der Waals surface area contributed by atoms with Crippen molar-refractivity contribution >= 4 is 17.0 Å². The molecule has 0 unspecified atom stereocenters. The molecule has 1 aromatic heterocycles. The summed E-state index contributed by atoms with van der Waals surface area (Å²) < 4.78 is 5.79. The van der Waals surface area contributed by atoms with E-state index >= 15 is 0 Å². The van der Waals surface area contributed by atoms with Crippen molar-refractivity contribution in [2.24, 2.45) is 0 Å². The van der Waals surface area contributed by atoms with Gasteiger partial charge in [0.1, 0.15) is 11.3 Å². The van der Waals surface area contributed by atoms with Gasteiger partial charge in [0.25, 0.3) is 0 Å². The zero-order chi connectivity index (χ0) is 15.9. The van der Waals surface area contributed by atoms with E-state index in [9.17, 15) is 4.79 Å². The van der Waals surface area contributed by atoms with Gasteiger partial charge in [-0.3, -0.25) is 0 Å². The summed E-state index contributed by atoms with van der Waals surface area (Å²) in [5.41, 5.74) is 1.89. The predicted octanol–water partition coefficient (Wildman–Crippen LogP) is 3.05. The Morgan fingerprint density at radius 3 is 2.77 bits per heavy atom. The van der Waals surface area contributed by atoms with Gasteiger partial charge in [0.05, 0.1) is 13.2 Å².